The van der Waals surface area contributed by atoms with Gasteiger partial charge >= 0.3 is 0 Å². The van der Waals surface area contributed by atoms with Crippen molar-refractivity contribution in [3.63, 3.8) is 0 Å². The van der Waals surface area contributed by atoms with Crippen LogP contribution in [0.25, 0.3) is 0 Å². The number of halogens is 2. The van der Waals surface area contributed by atoms with Crippen LogP contribution in [0.4, 0.5) is 8.78 Å². The Bertz CT molecular complexity index is 423. The first-order valence-electron chi connectivity index (χ1n) is 6.88. The molecule has 0 bridgehead atoms. The predicted molar refractivity (Wildman–Crippen MR) is 70.9 cm³/mol. The first kappa shape index (κ1) is 14.4. The normalized spacial score (nSPS) is 23.8. The van der Waals surface area contributed by atoms with E-state index in [0.717, 1.165) is 24.9 Å². The van der Waals surface area contributed by atoms with Crippen LogP contribution >= 0.6 is 0 Å². The average Bonchev–Trinajstić information content (AvgIpc) is 2.40. The molecule has 0 saturated carbocycles. The Morgan fingerprint density at radius 3 is 2.79 bits per heavy atom. The summed E-state index contributed by atoms with van der Waals surface area (Å²) in [5.41, 5.74) is 0.731. The zero-order valence-electron chi connectivity index (χ0n) is 11.5. The summed E-state index contributed by atoms with van der Waals surface area (Å²) >= 11 is 0. The summed E-state index contributed by atoms with van der Waals surface area (Å²) in [5, 5.41) is 3.39. The smallest absolute Gasteiger partial charge is 0.159 e. The van der Waals surface area contributed by atoms with Gasteiger partial charge in [-0.3, -0.25) is 0 Å². The van der Waals surface area contributed by atoms with Gasteiger partial charge in [0.2, 0.25) is 0 Å². The molecule has 1 saturated heterocycles. The average molecular weight is 269 g/mol. The van der Waals surface area contributed by atoms with Gasteiger partial charge in [0.15, 0.2) is 11.6 Å². The molecule has 2 unspecified atom stereocenters. The highest BCUT2D eigenvalue weighted by Gasteiger charge is 2.28. The van der Waals surface area contributed by atoms with Gasteiger partial charge in [-0.15, -0.1) is 0 Å². The summed E-state index contributed by atoms with van der Waals surface area (Å²) in [7, 11) is 0. The lowest BCUT2D eigenvalue weighted by Crippen LogP contribution is -2.35. The molecule has 106 valence electrons. The highest BCUT2D eigenvalue weighted by molar-refractivity contribution is 5.21. The van der Waals surface area contributed by atoms with Crippen LogP contribution in [0.2, 0.25) is 0 Å². The lowest BCUT2D eigenvalue weighted by atomic mass is 9.89. The Hall–Kier alpha value is -1.00. The van der Waals surface area contributed by atoms with E-state index in [0.29, 0.717) is 18.6 Å². The van der Waals surface area contributed by atoms with Crippen molar-refractivity contribution >= 4 is 0 Å². The van der Waals surface area contributed by atoms with E-state index in [2.05, 4.69) is 19.2 Å². The molecule has 1 aliphatic heterocycles. The third-order valence-electron chi connectivity index (χ3n) is 3.51. The van der Waals surface area contributed by atoms with E-state index in [1.165, 1.54) is 12.1 Å². The summed E-state index contributed by atoms with van der Waals surface area (Å²) in [4.78, 5) is 0. The van der Waals surface area contributed by atoms with Gasteiger partial charge in [-0.2, -0.15) is 0 Å². The molecule has 1 aromatic rings. The van der Waals surface area contributed by atoms with E-state index in [1.807, 2.05) is 0 Å². The third-order valence-corrected chi connectivity index (χ3v) is 3.51. The van der Waals surface area contributed by atoms with Crippen LogP contribution in [-0.2, 0) is 4.74 Å². The minimum absolute atomic E-state index is 0.143. The molecule has 0 radical (unpaired) electrons. The van der Waals surface area contributed by atoms with Gasteiger partial charge in [0, 0.05) is 25.1 Å². The highest BCUT2D eigenvalue weighted by atomic mass is 19.2. The Morgan fingerprint density at radius 1 is 1.32 bits per heavy atom. The molecule has 0 amide bonds. The van der Waals surface area contributed by atoms with Crippen LogP contribution in [0.5, 0.6) is 0 Å². The number of ether oxygens (including phenoxy) is 1. The van der Waals surface area contributed by atoms with E-state index >= 15 is 0 Å². The predicted octanol–water partition coefficient (Wildman–Crippen LogP) is 3.43. The minimum Gasteiger partial charge on any atom is -0.373 e. The van der Waals surface area contributed by atoms with Gasteiger partial charge in [0.05, 0.1) is 6.10 Å². The van der Waals surface area contributed by atoms with Gasteiger partial charge in [0.25, 0.3) is 0 Å². The summed E-state index contributed by atoms with van der Waals surface area (Å²) in [5.74, 6) is -1.31. The SMILES string of the molecule is CC(C)NCC1CCCOC1c1ccc(F)c(F)c1. The largest absolute Gasteiger partial charge is 0.373 e. The fraction of sp³-hybridized carbons (Fsp3) is 0.600. The maximum absolute atomic E-state index is 13.3. The molecule has 2 nitrogen and oxygen atoms in total. The lowest BCUT2D eigenvalue weighted by Gasteiger charge is -2.33. The number of benzene rings is 1. The van der Waals surface area contributed by atoms with Crippen molar-refractivity contribution in [1.29, 1.82) is 0 Å². The Morgan fingerprint density at radius 2 is 2.11 bits per heavy atom. The second-order valence-corrected chi connectivity index (χ2v) is 5.43. The first-order valence-corrected chi connectivity index (χ1v) is 6.88. The fourth-order valence-electron chi connectivity index (χ4n) is 2.50. The van der Waals surface area contributed by atoms with Crippen LogP contribution in [0.3, 0.4) is 0 Å². The molecule has 4 heteroatoms. The van der Waals surface area contributed by atoms with Crippen LogP contribution in [0, 0.1) is 17.6 Å². The van der Waals surface area contributed by atoms with Crippen molar-refractivity contribution in [2.24, 2.45) is 5.92 Å². The van der Waals surface area contributed by atoms with Crippen LogP contribution < -0.4 is 5.32 Å². The van der Waals surface area contributed by atoms with Crippen LogP contribution in [0.1, 0.15) is 38.4 Å². The van der Waals surface area contributed by atoms with E-state index in [-0.39, 0.29) is 6.10 Å². The molecule has 2 atom stereocenters. The summed E-state index contributed by atoms with van der Waals surface area (Å²) in [6.07, 6.45) is 1.92. The molecular weight excluding hydrogens is 248 g/mol. The van der Waals surface area contributed by atoms with E-state index in [9.17, 15) is 8.78 Å². The summed E-state index contributed by atoms with van der Waals surface area (Å²) in [6.45, 7) is 5.70. The minimum atomic E-state index is -0.809. The molecule has 2 rings (SSSR count). The quantitative estimate of drug-likeness (QED) is 0.904. The topological polar surface area (TPSA) is 21.3 Å². The molecule has 1 fully saturated rings. The molecule has 0 spiro atoms. The molecule has 1 aromatic carbocycles. The number of hydrogen-bond acceptors (Lipinski definition) is 2. The number of hydrogen-bond donors (Lipinski definition) is 1. The molecule has 0 aromatic heterocycles. The van der Waals surface area contributed by atoms with Crippen molar-refractivity contribution < 1.29 is 13.5 Å². The second-order valence-electron chi connectivity index (χ2n) is 5.43. The number of nitrogens with one attached hydrogen (secondary N) is 1. The summed E-state index contributed by atoms with van der Waals surface area (Å²) in [6, 6.07) is 4.47. The molecule has 1 heterocycles. The van der Waals surface area contributed by atoms with E-state index in [4.69, 9.17) is 4.74 Å². The maximum Gasteiger partial charge on any atom is 0.159 e. The van der Waals surface area contributed by atoms with E-state index in [1.54, 1.807) is 6.07 Å². The van der Waals surface area contributed by atoms with Crippen LogP contribution in [-0.4, -0.2) is 19.2 Å². The molecule has 19 heavy (non-hydrogen) atoms. The van der Waals surface area contributed by atoms with Crippen LogP contribution in [0.15, 0.2) is 18.2 Å². The number of rotatable bonds is 4. The van der Waals surface area contributed by atoms with Crippen molar-refractivity contribution in [3.05, 3.63) is 35.4 Å². The highest BCUT2D eigenvalue weighted by Crippen LogP contribution is 2.33. The van der Waals surface area contributed by atoms with Crippen molar-refractivity contribution in [2.75, 3.05) is 13.2 Å². The lowest BCUT2D eigenvalue weighted by molar-refractivity contribution is -0.0284. The van der Waals surface area contributed by atoms with Gasteiger partial charge < -0.3 is 10.1 Å². The van der Waals surface area contributed by atoms with Crippen molar-refractivity contribution in [3.8, 4) is 0 Å². The fourth-order valence-corrected chi connectivity index (χ4v) is 2.50. The standard InChI is InChI=1S/C15H21F2NO/c1-10(2)18-9-12-4-3-7-19-15(12)11-5-6-13(16)14(17)8-11/h5-6,8,10,12,15,18H,3-4,7,9H2,1-2H3. The Labute approximate surface area is 113 Å². The first-order chi connectivity index (χ1) is 9.08. The Kier molecular flexibility index (Phi) is 4.88. The van der Waals surface area contributed by atoms with E-state index < -0.39 is 11.6 Å². The Balaban J connectivity index is 2.11. The molecule has 0 aliphatic carbocycles. The van der Waals surface area contributed by atoms with Gasteiger partial charge in [0.1, 0.15) is 0 Å². The molecule has 1 aliphatic rings. The van der Waals surface area contributed by atoms with Gasteiger partial charge in [-0.1, -0.05) is 19.9 Å². The van der Waals surface area contributed by atoms with Crippen molar-refractivity contribution in [2.45, 2.75) is 38.8 Å². The van der Waals surface area contributed by atoms with Crippen molar-refractivity contribution in [1.82, 2.24) is 5.32 Å². The third kappa shape index (κ3) is 3.74. The zero-order chi connectivity index (χ0) is 13.8. The zero-order valence-corrected chi connectivity index (χ0v) is 11.5. The molecule has 1 N–H and O–H groups in total. The second kappa shape index (κ2) is 6.44. The maximum atomic E-state index is 13.3. The van der Waals surface area contributed by atoms with Gasteiger partial charge in [-0.25, -0.2) is 8.78 Å². The van der Waals surface area contributed by atoms with Gasteiger partial charge in [-0.05, 0) is 30.5 Å². The molecular formula is C15H21F2NO. The summed E-state index contributed by atoms with van der Waals surface area (Å²) < 4.78 is 32.1. The monoisotopic (exact) mass is 269 g/mol.